The van der Waals surface area contributed by atoms with Crippen molar-refractivity contribution in [3.63, 3.8) is 0 Å². The van der Waals surface area contributed by atoms with Gasteiger partial charge in [-0.05, 0) is 69.8 Å². The molecule has 2 unspecified atom stereocenters. The molecule has 1 aromatic rings. The van der Waals surface area contributed by atoms with Crippen LogP contribution in [-0.2, 0) is 14.6 Å². The predicted molar refractivity (Wildman–Crippen MR) is 127 cm³/mol. The lowest BCUT2D eigenvalue weighted by atomic mass is 9.71. The van der Waals surface area contributed by atoms with Crippen molar-refractivity contribution < 1.29 is 17.9 Å². The molecular weight excluding hydrogens is 424 g/mol. The first-order valence-electron chi connectivity index (χ1n) is 12.3. The molecule has 7 heteroatoms. The molecule has 3 fully saturated rings. The quantitative estimate of drug-likeness (QED) is 0.714. The zero-order valence-electron chi connectivity index (χ0n) is 19.3. The van der Waals surface area contributed by atoms with Crippen molar-refractivity contribution in [2.75, 3.05) is 31.2 Å². The Labute approximate surface area is 193 Å². The maximum Gasteiger partial charge on any atom is 0.317 e. The highest BCUT2D eigenvalue weighted by molar-refractivity contribution is 7.91. The zero-order chi connectivity index (χ0) is 22.6. The van der Waals surface area contributed by atoms with E-state index in [1.165, 1.54) is 5.56 Å². The summed E-state index contributed by atoms with van der Waals surface area (Å²) in [7, 11) is -3.08. The van der Waals surface area contributed by atoms with Crippen LogP contribution in [0.3, 0.4) is 0 Å². The van der Waals surface area contributed by atoms with Crippen LogP contribution in [0, 0.1) is 5.41 Å². The lowest BCUT2D eigenvalue weighted by Crippen LogP contribution is -2.62. The molecule has 6 nitrogen and oxygen atoms in total. The normalized spacial score (nSPS) is 32.5. The van der Waals surface area contributed by atoms with E-state index in [-0.39, 0.29) is 35.1 Å². The van der Waals surface area contributed by atoms with Crippen LogP contribution in [0.2, 0.25) is 0 Å². The van der Waals surface area contributed by atoms with Gasteiger partial charge in [-0.3, -0.25) is 0 Å². The molecule has 2 atom stereocenters. The van der Waals surface area contributed by atoms with Gasteiger partial charge in [0.05, 0.1) is 30.3 Å². The summed E-state index contributed by atoms with van der Waals surface area (Å²) in [5.74, 6) is 1.05. The van der Waals surface area contributed by atoms with Gasteiger partial charge in [-0.25, -0.2) is 13.2 Å². The molecule has 0 bridgehead atoms. The summed E-state index contributed by atoms with van der Waals surface area (Å²) in [4.78, 5) is 14.7. The van der Waals surface area contributed by atoms with Gasteiger partial charge in [-0.15, -0.1) is 0 Å². The second kappa shape index (κ2) is 10.1. The average molecular weight is 463 g/mol. The lowest BCUT2D eigenvalue weighted by molar-refractivity contribution is -0.0535. The fraction of sp³-hybridized carbons (Fsp3) is 0.720. The van der Waals surface area contributed by atoms with Gasteiger partial charge in [0.1, 0.15) is 0 Å². The number of carbonyl (C=O) groups is 1. The fourth-order valence-corrected chi connectivity index (χ4v) is 8.30. The monoisotopic (exact) mass is 462 g/mol. The Hall–Kier alpha value is -1.60. The van der Waals surface area contributed by atoms with Crippen LogP contribution >= 0.6 is 0 Å². The van der Waals surface area contributed by atoms with Gasteiger partial charge in [0.2, 0.25) is 0 Å². The first-order valence-corrected chi connectivity index (χ1v) is 14.2. The third kappa shape index (κ3) is 5.30. The van der Waals surface area contributed by atoms with Gasteiger partial charge in [0.25, 0.3) is 0 Å². The molecule has 1 aliphatic carbocycles. The zero-order valence-corrected chi connectivity index (χ0v) is 20.1. The summed E-state index contributed by atoms with van der Waals surface area (Å²) in [6.45, 7) is 3.59. The highest BCUT2D eigenvalue weighted by atomic mass is 32.2. The maximum atomic E-state index is 12.9. The van der Waals surface area contributed by atoms with Gasteiger partial charge >= 0.3 is 6.03 Å². The standard InChI is InChI=1S/C25H38N2O4S/c1-2-26-24(28)27-16-6-14-25(15-7-17-32(29,30)19-25)23(27)18-31-22-12-10-21(11-13-22)20-8-4-3-5-9-20/h3-5,8-9,21-23H,2,6-7,10-19H2,1H3,(H,26,28). The van der Waals surface area contributed by atoms with E-state index in [0.29, 0.717) is 32.0 Å². The molecule has 2 heterocycles. The molecule has 2 amide bonds. The summed E-state index contributed by atoms with van der Waals surface area (Å²) in [6.07, 6.45) is 7.68. The van der Waals surface area contributed by atoms with Crippen molar-refractivity contribution in [1.29, 1.82) is 0 Å². The van der Waals surface area contributed by atoms with Crippen molar-refractivity contribution in [3.05, 3.63) is 35.9 Å². The number of hydrogen-bond donors (Lipinski definition) is 1. The minimum absolute atomic E-state index is 0.0871. The number of carbonyl (C=O) groups excluding carboxylic acids is 1. The molecule has 3 aliphatic rings. The number of urea groups is 1. The van der Waals surface area contributed by atoms with Crippen molar-refractivity contribution in [3.8, 4) is 0 Å². The van der Waals surface area contributed by atoms with Gasteiger partial charge in [-0.2, -0.15) is 0 Å². The molecule has 1 spiro atoms. The van der Waals surface area contributed by atoms with E-state index in [4.69, 9.17) is 4.74 Å². The molecular formula is C25H38N2O4S. The van der Waals surface area contributed by atoms with Gasteiger partial charge in [-0.1, -0.05) is 30.3 Å². The highest BCUT2D eigenvalue weighted by Crippen LogP contribution is 2.45. The minimum Gasteiger partial charge on any atom is -0.376 e. The SMILES string of the molecule is CCNC(=O)N1CCCC2(CCCS(=O)(=O)C2)C1COC1CCC(c2ccccc2)CC1. The summed E-state index contributed by atoms with van der Waals surface area (Å²) in [5, 5.41) is 2.93. The summed E-state index contributed by atoms with van der Waals surface area (Å²) >= 11 is 0. The number of amides is 2. The third-order valence-electron chi connectivity index (χ3n) is 7.82. The maximum absolute atomic E-state index is 12.9. The van der Waals surface area contributed by atoms with Crippen LogP contribution in [0.25, 0.3) is 0 Å². The van der Waals surface area contributed by atoms with Gasteiger partial charge in [0, 0.05) is 18.5 Å². The van der Waals surface area contributed by atoms with E-state index in [9.17, 15) is 13.2 Å². The number of benzene rings is 1. The van der Waals surface area contributed by atoms with Gasteiger partial charge in [0.15, 0.2) is 9.84 Å². The number of rotatable bonds is 5. The molecule has 178 valence electrons. The molecule has 2 aliphatic heterocycles. The van der Waals surface area contributed by atoms with Crippen LogP contribution in [0.15, 0.2) is 30.3 Å². The highest BCUT2D eigenvalue weighted by Gasteiger charge is 2.50. The molecule has 0 radical (unpaired) electrons. The van der Waals surface area contributed by atoms with Crippen molar-refractivity contribution >= 4 is 15.9 Å². The molecule has 0 aromatic heterocycles. The largest absolute Gasteiger partial charge is 0.376 e. The Morgan fingerprint density at radius 1 is 1.12 bits per heavy atom. The van der Waals surface area contributed by atoms with Crippen LogP contribution < -0.4 is 5.32 Å². The number of hydrogen-bond acceptors (Lipinski definition) is 4. The van der Waals surface area contributed by atoms with Crippen molar-refractivity contribution in [1.82, 2.24) is 10.2 Å². The van der Waals surface area contributed by atoms with E-state index in [0.717, 1.165) is 44.9 Å². The van der Waals surface area contributed by atoms with E-state index in [1.807, 2.05) is 11.8 Å². The van der Waals surface area contributed by atoms with E-state index >= 15 is 0 Å². The fourth-order valence-electron chi connectivity index (χ4n) is 6.22. The van der Waals surface area contributed by atoms with E-state index in [1.54, 1.807) is 0 Å². The summed E-state index contributed by atoms with van der Waals surface area (Å²) < 4.78 is 31.6. The molecule has 1 N–H and O–H groups in total. The Bertz CT molecular complexity index is 863. The third-order valence-corrected chi connectivity index (χ3v) is 9.74. The number of sulfone groups is 1. The number of piperidine rings is 1. The smallest absolute Gasteiger partial charge is 0.317 e. The Balaban J connectivity index is 1.43. The first-order chi connectivity index (χ1) is 15.4. The second-order valence-electron chi connectivity index (χ2n) is 9.92. The number of ether oxygens (including phenoxy) is 1. The Morgan fingerprint density at radius 3 is 2.53 bits per heavy atom. The number of nitrogens with one attached hydrogen (secondary N) is 1. The number of likely N-dealkylation sites (tertiary alicyclic amines) is 1. The first kappa shape index (κ1) is 23.6. The summed E-state index contributed by atoms with van der Waals surface area (Å²) in [5.41, 5.74) is 1.04. The van der Waals surface area contributed by atoms with Gasteiger partial charge < -0.3 is 15.0 Å². The van der Waals surface area contributed by atoms with Crippen molar-refractivity contribution in [2.24, 2.45) is 5.41 Å². The van der Waals surface area contributed by atoms with Crippen LogP contribution in [0.4, 0.5) is 4.79 Å². The Morgan fingerprint density at radius 2 is 1.84 bits per heavy atom. The second-order valence-corrected chi connectivity index (χ2v) is 12.1. The van der Waals surface area contributed by atoms with E-state index < -0.39 is 9.84 Å². The minimum atomic E-state index is -3.08. The van der Waals surface area contributed by atoms with Crippen LogP contribution in [-0.4, -0.2) is 62.7 Å². The number of nitrogens with zero attached hydrogens (tertiary/aromatic N) is 1. The average Bonchev–Trinajstić information content (AvgIpc) is 2.78. The van der Waals surface area contributed by atoms with Crippen LogP contribution in [0.1, 0.15) is 69.8 Å². The topological polar surface area (TPSA) is 75.7 Å². The Kier molecular flexibility index (Phi) is 7.45. The van der Waals surface area contributed by atoms with Crippen LogP contribution in [0.5, 0.6) is 0 Å². The molecule has 1 aromatic carbocycles. The molecule has 2 saturated heterocycles. The lowest BCUT2D eigenvalue weighted by Gasteiger charge is -2.51. The van der Waals surface area contributed by atoms with Crippen molar-refractivity contribution in [2.45, 2.75) is 76.4 Å². The summed E-state index contributed by atoms with van der Waals surface area (Å²) in [6, 6.07) is 10.4. The molecule has 32 heavy (non-hydrogen) atoms. The molecule has 4 rings (SSSR count). The molecule has 1 saturated carbocycles. The van der Waals surface area contributed by atoms with E-state index in [2.05, 4.69) is 35.6 Å². The predicted octanol–water partition coefficient (Wildman–Crippen LogP) is 4.12.